The van der Waals surface area contributed by atoms with Gasteiger partial charge in [0.25, 0.3) is 11.8 Å². The lowest BCUT2D eigenvalue weighted by Gasteiger charge is -2.28. The van der Waals surface area contributed by atoms with Crippen molar-refractivity contribution < 1.29 is 38.2 Å². The summed E-state index contributed by atoms with van der Waals surface area (Å²) in [5.74, 6) is -1.93. The van der Waals surface area contributed by atoms with E-state index in [1.165, 1.54) is 18.2 Å². The number of nitrogens with one attached hydrogen (secondary N) is 1. The summed E-state index contributed by atoms with van der Waals surface area (Å²) in [5.41, 5.74) is 2.28. The molecule has 0 atom stereocenters. The zero-order valence-corrected chi connectivity index (χ0v) is 20.4. The standard InChI is InChI=1S/C27H24N2O8/c1-4-35-23-13-17(8-10-21(23)36-14-18-9-11-22(37-18)26(32)33)12-19-24(30)28-27(34)29(25(19)31)20-7-5-6-15(2)16(20)3/h5-13H,4,14H2,1-3H3,(H,32,33)(H,28,30,34)/b19-12-. The van der Waals surface area contributed by atoms with Crippen LogP contribution in [0.2, 0.25) is 0 Å². The Kier molecular flexibility index (Phi) is 7.10. The monoisotopic (exact) mass is 504 g/mol. The molecule has 0 aliphatic carbocycles. The zero-order valence-electron chi connectivity index (χ0n) is 20.4. The Morgan fingerprint density at radius 3 is 2.54 bits per heavy atom. The van der Waals surface area contributed by atoms with Crippen molar-refractivity contribution in [2.45, 2.75) is 27.4 Å². The lowest BCUT2D eigenvalue weighted by molar-refractivity contribution is -0.122. The van der Waals surface area contributed by atoms with Gasteiger partial charge < -0.3 is 19.0 Å². The van der Waals surface area contributed by atoms with E-state index in [0.29, 0.717) is 35.1 Å². The average molecular weight is 504 g/mol. The summed E-state index contributed by atoms with van der Waals surface area (Å²) in [5, 5.41) is 11.2. The molecule has 2 N–H and O–H groups in total. The van der Waals surface area contributed by atoms with Crippen LogP contribution in [-0.4, -0.2) is 35.5 Å². The molecule has 1 aliphatic heterocycles. The van der Waals surface area contributed by atoms with Gasteiger partial charge in [-0.2, -0.15) is 0 Å². The summed E-state index contributed by atoms with van der Waals surface area (Å²) >= 11 is 0. The Morgan fingerprint density at radius 1 is 1.05 bits per heavy atom. The summed E-state index contributed by atoms with van der Waals surface area (Å²) in [6.07, 6.45) is 1.38. The van der Waals surface area contributed by atoms with E-state index in [1.54, 1.807) is 44.2 Å². The molecule has 0 radical (unpaired) electrons. The number of hydrogen-bond acceptors (Lipinski definition) is 7. The molecule has 4 amide bonds. The number of carboxylic acids is 1. The number of urea groups is 1. The highest BCUT2D eigenvalue weighted by Crippen LogP contribution is 2.32. The van der Waals surface area contributed by atoms with Gasteiger partial charge in [0.2, 0.25) is 5.76 Å². The molecule has 190 valence electrons. The first kappa shape index (κ1) is 25.2. The number of ether oxygens (including phenoxy) is 2. The number of aromatic carboxylic acids is 1. The minimum absolute atomic E-state index is 0.0401. The number of carboxylic acid groups (broad SMARTS) is 1. The first-order valence-corrected chi connectivity index (χ1v) is 11.4. The molecule has 1 saturated heterocycles. The maximum atomic E-state index is 13.3. The van der Waals surface area contributed by atoms with E-state index in [-0.39, 0.29) is 17.9 Å². The molecule has 0 spiro atoms. The Morgan fingerprint density at radius 2 is 1.84 bits per heavy atom. The van der Waals surface area contributed by atoms with Crippen LogP contribution in [0.5, 0.6) is 11.5 Å². The molecule has 1 fully saturated rings. The maximum Gasteiger partial charge on any atom is 0.371 e. The number of benzene rings is 2. The molecule has 4 rings (SSSR count). The second-order valence-electron chi connectivity index (χ2n) is 8.18. The van der Waals surface area contributed by atoms with Gasteiger partial charge in [-0.3, -0.25) is 14.9 Å². The van der Waals surface area contributed by atoms with Crippen molar-refractivity contribution >= 4 is 35.6 Å². The number of imide groups is 2. The number of carbonyl (C=O) groups is 4. The lowest BCUT2D eigenvalue weighted by Crippen LogP contribution is -2.54. The second kappa shape index (κ2) is 10.4. The highest BCUT2D eigenvalue weighted by atomic mass is 16.5. The van der Waals surface area contributed by atoms with Gasteiger partial charge in [0.1, 0.15) is 17.9 Å². The number of anilines is 1. The van der Waals surface area contributed by atoms with Crippen molar-refractivity contribution in [1.29, 1.82) is 0 Å². The van der Waals surface area contributed by atoms with E-state index in [1.807, 2.05) is 13.0 Å². The number of carbonyl (C=O) groups excluding carboxylic acids is 3. The molecule has 10 nitrogen and oxygen atoms in total. The molecule has 2 heterocycles. The normalized spacial score (nSPS) is 14.6. The highest BCUT2D eigenvalue weighted by molar-refractivity contribution is 6.39. The van der Waals surface area contributed by atoms with Crippen molar-refractivity contribution in [3.63, 3.8) is 0 Å². The number of barbiturate groups is 1. The third-order valence-electron chi connectivity index (χ3n) is 5.74. The van der Waals surface area contributed by atoms with Gasteiger partial charge in [-0.15, -0.1) is 0 Å². The minimum Gasteiger partial charge on any atom is -0.490 e. The Bertz CT molecular complexity index is 1440. The molecule has 0 bridgehead atoms. The van der Waals surface area contributed by atoms with Gasteiger partial charge in [0.15, 0.2) is 11.5 Å². The summed E-state index contributed by atoms with van der Waals surface area (Å²) in [6, 6.07) is 12.1. The summed E-state index contributed by atoms with van der Waals surface area (Å²) in [6.45, 7) is 5.72. The number of amides is 4. The average Bonchev–Trinajstić information content (AvgIpc) is 3.33. The molecule has 1 aromatic heterocycles. The Labute approximate surface area is 212 Å². The van der Waals surface area contributed by atoms with E-state index in [9.17, 15) is 19.2 Å². The first-order valence-electron chi connectivity index (χ1n) is 11.4. The number of furan rings is 1. The van der Waals surface area contributed by atoms with Crippen LogP contribution in [0.4, 0.5) is 10.5 Å². The SMILES string of the molecule is CCOc1cc(/C=C2/C(=O)NC(=O)N(c3cccc(C)c3C)C2=O)ccc1OCc1ccc(C(=O)O)o1. The number of rotatable bonds is 8. The van der Waals surface area contributed by atoms with Gasteiger partial charge in [0.05, 0.1) is 12.3 Å². The van der Waals surface area contributed by atoms with Crippen molar-refractivity contribution in [1.82, 2.24) is 5.32 Å². The second-order valence-corrected chi connectivity index (χ2v) is 8.18. The summed E-state index contributed by atoms with van der Waals surface area (Å²) in [4.78, 5) is 50.3. The molecule has 10 heteroatoms. The third kappa shape index (κ3) is 5.22. The predicted octanol–water partition coefficient (Wildman–Crippen LogP) is 4.24. The predicted molar refractivity (Wildman–Crippen MR) is 133 cm³/mol. The molecular weight excluding hydrogens is 480 g/mol. The van der Waals surface area contributed by atoms with Gasteiger partial charge in [-0.05, 0) is 73.9 Å². The van der Waals surface area contributed by atoms with Crippen LogP contribution in [0.15, 0.2) is 58.5 Å². The fraction of sp³-hybridized carbons (Fsp3) is 0.185. The Hall–Kier alpha value is -4.86. The Balaban J connectivity index is 1.61. The van der Waals surface area contributed by atoms with Crippen LogP contribution in [0.3, 0.4) is 0 Å². The van der Waals surface area contributed by atoms with Crippen LogP contribution in [-0.2, 0) is 16.2 Å². The smallest absolute Gasteiger partial charge is 0.371 e. The first-order chi connectivity index (χ1) is 17.7. The number of aryl methyl sites for hydroxylation is 1. The van der Waals surface area contributed by atoms with Crippen LogP contribution in [0.25, 0.3) is 6.08 Å². The maximum absolute atomic E-state index is 13.3. The van der Waals surface area contributed by atoms with Gasteiger partial charge in [0, 0.05) is 0 Å². The van der Waals surface area contributed by atoms with E-state index in [0.717, 1.165) is 16.0 Å². The fourth-order valence-electron chi connectivity index (χ4n) is 3.74. The summed E-state index contributed by atoms with van der Waals surface area (Å²) in [7, 11) is 0. The van der Waals surface area contributed by atoms with Crippen molar-refractivity contribution in [3.05, 3.63) is 82.3 Å². The molecule has 37 heavy (non-hydrogen) atoms. The van der Waals surface area contributed by atoms with Crippen molar-refractivity contribution in [2.24, 2.45) is 0 Å². The number of nitrogens with zero attached hydrogens (tertiary/aromatic N) is 1. The number of hydrogen-bond donors (Lipinski definition) is 2. The van der Waals surface area contributed by atoms with E-state index < -0.39 is 23.8 Å². The lowest BCUT2D eigenvalue weighted by atomic mass is 10.0. The topological polar surface area (TPSA) is 135 Å². The molecule has 0 saturated carbocycles. The fourth-order valence-corrected chi connectivity index (χ4v) is 3.74. The summed E-state index contributed by atoms with van der Waals surface area (Å²) < 4.78 is 16.6. The minimum atomic E-state index is -1.18. The van der Waals surface area contributed by atoms with Gasteiger partial charge >= 0.3 is 12.0 Å². The molecular formula is C27H24N2O8. The van der Waals surface area contributed by atoms with Crippen molar-refractivity contribution in [3.8, 4) is 11.5 Å². The van der Waals surface area contributed by atoms with Crippen LogP contribution < -0.4 is 19.7 Å². The molecule has 1 aliphatic rings. The van der Waals surface area contributed by atoms with Crippen LogP contribution in [0, 0.1) is 13.8 Å². The van der Waals surface area contributed by atoms with E-state index in [4.69, 9.17) is 19.0 Å². The van der Waals surface area contributed by atoms with Gasteiger partial charge in [-0.1, -0.05) is 18.2 Å². The van der Waals surface area contributed by atoms with Crippen LogP contribution >= 0.6 is 0 Å². The molecule has 2 aromatic carbocycles. The van der Waals surface area contributed by atoms with Gasteiger partial charge in [-0.25, -0.2) is 14.5 Å². The zero-order chi connectivity index (χ0) is 26.7. The quantitative estimate of drug-likeness (QED) is 0.344. The third-order valence-corrected chi connectivity index (χ3v) is 5.74. The molecule has 0 unspecified atom stereocenters. The van der Waals surface area contributed by atoms with Crippen molar-refractivity contribution in [2.75, 3.05) is 11.5 Å². The molecule has 3 aromatic rings. The van der Waals surface area contributed by atoms with Crippen LogP contribution in [0.1, 0.15) is 39.9 Å². The highest BCUT2D eigenvalue weighted by Gasteiger charge is 2.37. The van der Waals surface area contributed by atoms with E-state index >= 15 is 0 Å². The van der Waals surface area contributed by atoms with E-state index in [2.05, 4.69) is 5.32 Å². The largest absolute Gasteiger partial charge is 0.490 e.